The zero-order valence-corrected chi connectivity index (χ0v) is 15.3. The number of aromatic nitrogens is 1. The van der Waals surface area contributed by atoms with E-state index in [1.54, 1.807) is 4.90 Å². The molecule has 0 bridgehead atoms. The summed E-state index contributed by atoms with van der Waals surface area (Å²) in [6, 6.07) is 1.09. The number of rotatable bonds is 5. The van der Waals surface area contributed by atoms with Crippen LogP contribution in [0, 0.1) is 0 Å². The Morgan fingerprint density at radius 1 is 1.15 bits per heavy atom. The van der Waals surface area contributed by atoms with Gasteiger partial charge in [-0.05, 0) is 18.9 Å². The minimum absolute atomic E-state index is 0.0835. The Labute approximate surface area is 159 Å². The fourth-order valence-electron chi connectivity index (χ4n) is 2.59. The minimum atomic E-state index is -4.53. The molecular weight excluding hydrogens is 389 g/mol. The van der Waals surface area contributed by atoms with Crippen molar-refractivity contribution in [2.45, 2.75) is 38.3 Å². The number of likely N-dealkylation sites (tertiary alicyclic amines) is 1. The molecule has 6 nitrogen and oxygen atoms in total. The molecule has 2 heterocycles. The maximum Gasteiger partial charge on any atom is 0.422 e. The molecule has 27 heavy (non-hydrogen) atoms. The fraction of sp³-hybridized carbons (Fsp3) is 0.588. The molecule has 0 spiro atoms. The zero-order chi connectivity index (χ0) is 19.9. The first-order chi connectivity index (χ1) is 12.8. The number of carbonyl (C=O) groups is 2. The molecule has 1 fully saturated rings. The van der Waals surface area contributed by atoms with Gasteiger partial charge in [0.05, 0.1) is 5.56 Å². The van der Waals surface area contributed by atoms with Crippen molar-refractivity contribution >= 4 is 23.5 Å². The Morgan fingerprint density at radius 2 is 1.78 bits per heavy atom. The number of carbonyl (C=O) groups excluding carboxylic acids is 2. The van der Waals surface area contributed by atoms with Gasteiger partial charge in [-0.25, -0.2) is 9.78 Å². The fourth-order valence-corrected chi connectivity index (χ4v) is 2.81. The SMILES string of the molecule is O=C(OCC(=O)N1CCCCCCC1)c1cnc(OCC(F)(F)F)c(Cl)c1. The summed E-state index contributed by atoms with van der Waals surface area (Å²) in [5.74, 6) is -1.57. The van der Waals surface area contributed by atoms with E-state index in [1.165, 1.54) is 0 Å². The van der Waals surface area contributed by atoms with E-state index in [0.29, 0.717) is 13.1 Å². The Hall–Kier alpha value is -2.03. The zero-order valence-electron chi connectivity index (χ0n) is 14.6. The molecule has 0 saturated carbocycles. The van der Waals surface area contributed by atoms with Crippen molar-refractivity contribution in [2.75, 3.05) is 26.3 Å². The first-order valence-corrected chi connectivity index (χ1v) is 8.94. The van der Waals surface area contributed by atoms with Crippen LogP contribution in [0.5, 0.6) is 5.88 Å². The highest BCUT2D eigenvalue weighted by Gasteiger charge is 2.29. The lowest BCUT2D eigenvalue weighted by molar-refractivity contribution is -0.154. The van der Waals surface area contributed by atoms with E-state index in [-0.39, 0.29) is 16.5 Å². The summed E-state index contributed by atoms with van der Waals surface area (Å²) in [7, 11) is 0. The summed E-state index contributed by atoms with van der Waals surface area (Å²) in [4.78, 5) is 29.5. The summed E-state index contributed by atoms with van der Waals surface area (Å²) in [5.41, 5.74) is -0.0835. The van der Waals surface area contributed by atoms with Crippen molar-refractivity contribution in [3.8, 4) is 5.88 Å². The van der Waals surface area contributed by atoms with Crippen LogP contribution in [-0.4, -0.2) is 54.2 Å². The van der Waals surface area contributed by atoms with Crippen LogP contribution < -0.4 is 4.74 Å². The number of amides is 1. The maximum atomic E-state index is 12.2. The molecule has 10 heteroatoms. The second kappa shape index (κ2) is 9.77. The van der Waals surface area contributed by atoms with Gasteiger partial charge >= 0.3 is 12.1 Å². The molecule has 1 aromatic heterocycles. The first kappa shape index (κ1) is 21.3. The van der Waals surface area contributed by atoms with E-state index in [9.17, 15) is 22.8 Å². The minimum Gasteiger partial charge on any atom is -0.467 e. The van der Waals surface area contributed by atoms with Gasteiger partial charge in [0.1, 0.15) is 5.02 Å². The van der Waals surface area contributed by atoms with Gasteiger partial charge < -0.3 is 14.4 Å². The highest BCUT2D eigenvalue weighted by Crippen LogP contribution is 2.25. The lowest BCUT2D eigenvalue weighted by Gasteiger charge is -2.24. The van der Waals surface area contributed by atoms with Crippen molar-refractivity contribution in [1.29, 1.82) is 0 Å². The summed E-state index contributed by atoms with van der Waals surface area (Å²) < 4.78 is 45.9. The highest BCUT2D eigenvalue weighted by atomic mass is 35.5. The number of nitrogens with zero attached hydrogens (tertiary/aromatic N) is 2. The maximum absolute atomic E-state index is 12.2. The average molecular weight is 409 g/mol. The lowest BCUT2D eigenvalue weighted by atomic mass is 10.1. The largest absolute Gasteiger partial charge is 0.467 e. The normalized spacial score (nSPS) is 15.6. The van der Waals surface area contributed by atoms with E-state index in [1.807, 2.05) is 0 Å². The van der Waals surface area contributed by atoms with E-state index in [2.05, 4.69) is 9.72 Å². The number of esters is 1. The topological polar surface area (TPSA) is 68.7 Å². The van der Waals surface area contributed by atoms with Crippen molar-refractivity contribution in [2.24, 2.45) is 0 Å². The standard InChI is InChI=1S/C17H20ClF3N2O4/c18-13-8-12(9-22-15(13)27-11-17(19,20)21)16(25)26-10-14(24)23-6-4-2-1-3-5-7-23/h8-9H,1-7,10-11H2. The Kier molecular flexibility index (Phi) is 7.70. The Morgan fingerprint density at radius 3 is 2.37 bits per heavy atom. The number of hydrogen-bond donors (Lipinski definition) is 0. The van der Waals surface area contributed by atoms with Gasteiger partial charge in [0.25, 0.3) is 5.91 Å². The highest BCUT2D eigenvalue weighted by molar-refractivity contribution is 6.32. The van der Waals surface area contributed by atoms with E-state index < -0.39 is 31.2 Å². The molecular formula is C17H20ClF3N2O4. The van der Waals surface area contributed by atoms with Crippen LogP contribution in [0.25, 0.3) is 0 Å². The van der Waals surface area contributed by atoms with Crippen LogP contribution in [0.2, 0.25) is 5.02 Å². The molecule has 150 valence electrons. The second-order valence-corrected chi connectivity index (χ2v) is 6.55. The van der Waals surface area contributed by atoms with Gasteiger partial charge in [0.15, 0.2) is 13.2 Å². The number of alkyl halides is 3. The van der Waals surface area contributed by atoms with Crippen LogP contribution >= 0.6 is 11.6 Å². The van der Waals surface area contributed by atoms with Crippen molar-refractivity contribution in [1.82, 2.24) is 9.88 Å². The van der Waals surface area contributed by atoms with Gasteiger partial charge in [0, 0.05) is 19.3 Å². The molecule has 1 aliphatic rings. The summed E-state index contributed by atoms with van der Waals surface area (Å²) in [6.45, 7) is -0.694. The third-order valence-electron chi connectivity index (χ3n) is 3.95. The van der Waals surface area contributed by atoms with Crippen LogP contribution in [0.1, 0.15) is 42.5 Å². The predicted octanol–water partition coefficient (Wildman–Crippen LogP) is 3.63. The Bertz CT molecular complexity index is 662. The molecule has 0 aliphatic carbocycles. The van der Waals surface area contributed by atoms with E-state index in [0.717, 1.165) is 44.4 Å². The van der Waals surface area contributed by atoms with E-state index in [4.69, 9.17) is 16.3 Å². The third-order valence-corrected chi connectivity index (χ3v) is 4.22. The van der Waals surface area contributed by atoms with Crippen LogP contribution in [0.4, 0.5) is 13.2 Å². The number of hydrogen-bond acceptors (Lipinski definition) is 5. The smallest absolute Gasteiger partial charge is 0.422 e. The second-order valence-electron chi connectivity index (χ2n) is 6.14. The molecule has 1 aromatic rings. The van der Waals surface area contributed by atoms with E-state index >= 15 is 0 Å². The molecule has 1 aliphatic heterocycles. The molecule has 2 rings (SSSR count). The van der Waals surface area contributed by atoms with Gasteiger partial charge in [0.2, 0.25) is 5.88 Å². The lowest BCUT2D eigenvalue weighted by Crippen LogP contribution is -2.36. The molecule has 0 N–H and O–H groups in total. The molecule has 1 saturated heterocycles. The van der Waals surface area contributed by atoms with Crippen molar-refractivity contribution in [3.63, 3.8) is 0 Å². The molecule has 0 aromatic carbocycles. The molecule has 0 radical (unpaired) electrons. The van der Waals surface area contributed by atoms with Crippen LogP contribution in [-0.2, 0) is 9.53 Å². The summed E-state index contributed by atoms with van der Waals surface area (Å²) in [5, 5.41) is -0.260. The average Bonchev–Trinajstić information content (AvgIpc) is 2.57. The Balaban J connectivity index is 1.87. The number of pyridine rings is 1. The summed E-state index contributed by atoms with van der Waals surface area (Å²) in [6.07, 6.45) is 1.58. The van der Waals surface area contributed by atoms with Crippen molar-refractivity contribution in [3.05, 3.63) is 22.8 Å². The number of ether oxygens (including phenoxy) is 2. The van der Waals surface area contributed by atoms with Gasteiger partial charge in [-0.3, -0.25) is 4.79 Å². The quantitative estimate of drug-likeness (QED) is 0.696. The molecule has 0 unspecified atom stereocenters. The van der Waals surface area contributed by atoms with Gasteiger partial charge in [-0.1, -0.05) is 30.9 Å². The molecule has 0 atom stereocenters. The number of halogens is 4. The van der Waals surface area contributed by atoms with Crippen LogP contribution in [0.15, 0.2) is 12.3 Å². The monoisotopic (exact) mass is 408 g/mol. The molecule has 1 amide bonds. The van der Waals surface area contributed by atoms with Gasteiger partial charge in [-0.15, -0.1) is 0 Å². The third kappa shape index (κ3) is 7.24. The predicted molar refractivity (Wildman–Crippen MR) is 90.7 cm³/mol. The van der Waals surface area contributed by atoms with Crippen molar-refractivity contribution < 1.29 is 32.2 Å². The first-order valence-electron chi connectivity index (χ1n) is 8.56. The van der Waals surface area contributed by atoms with Gasteiger partial charge in [-0.2, -0.15) is 13.2 Å². The summed E-state index contributed by atoms with van der Waals surface area (Å²) >= 11 is 5.78. The van der Waals surface area contributed by atoms with Crippen LogP contribution in [0.3, 0.4) is 0 Å².